The van der Waals surface area contributed by atoms with Crippen molar-refractivity contribution in [3.05, 3.63) is 45.2 Å². The van der Waals surface area contributed by atoms with Gasteiger partial charge in [-0.2, -0.15) is 5.26 Å². The number of hydrogen-bond donors (Lipinski definition) is 0. The van der Waals surface area contributed by atoms with E-state index in [0.717, 1.165) is 5.56 Å². The van der Waals surface area contributed by atoms with Crippen LogP contribution in [0.4, 0.5) is 0 Å². The fourth-order valence-electron chi connectivity index (χ4n) is 5.35. The minimum Gasteiger partial charge on any atom is -0.459 e. The van der Waals surface area contributed by atoms with Gasteiger partial charge in [-0.25, -0.2) is 0 Å². The number of fused-ring (bicyclic) bond motifs is 3. The second-order valence-electron chi connectivity index (χ2n) is 10.3. The predicted octanol–water partition coefficient (Wildman–Crippen LogP) is 6.01. The first-order valence-electron chi connectivity index (χ1n) is 10.2. The summed E-state index contributed by atoms with van der Waals surface area (Å²) in [4.78, 5) is 26.3. The fourth-order valence-corrected chi connectivity index (χ4v) is 5.57. The van der Waals surface area contributed by atoms with Crippen molar-refractivity contribution in [2.45, 2.75) is 53.4 Å². The number of hydrogen-bond acceptors (Lipinski definition) is 4. The van der Waals surface area contributed by atoms with Gasteiger partial charge in [0.15, 0.2) is 17.3 Å². The third-order valence-electron chi connectivity index (χ3n) is 6.45. The van der Waals surface area contributed by atoms with Gasteiger partial charge in [0, 0.05) is 40.8 Å². The van der Waals surface area contributed by atoms with Gasteiger partial charge >= 0.3 is 0 Å². The van der Waals surface area contributed by atoms with Gasteiger partial charge in [0.2, 0.25) is 0 Å². The Labute approximate surface area is 180 Å². The van der Waals surface area contributed by atoms with Gasteiger partial charge < -0.3 is 4.74 Å². The van der Waals surface area contributed by atoms with E-state index < -0.39 is 0 Å². The first-order chi connectivity index (χ1) is 14.0. The molecule has 4 nitrogen and oxygen atoms in total. The molecule has 0 radical (unpaired) electrons. The van der Waals surface area contributed by atoms with Crippen LogP contribution < -0.4 is 4.74 Å². The fraction of sp³-hybridized carbons (Fsp3) is 0.400. The monoisotopic (exact) mass is 419 g/mol. The van der Waals surface area contributed by atoms with Crippen LogP contribution in [-0.4, -0.2) is 11.6 Å². The van der Waals surface area contributed by atoms with E-state index in [0.29, 0.717) is 75.3 Å². The molecule has 3 aliphatic rings. The minimum atomic E-state index is -0.237. The number of ketones is 2. The third kappa shape index (κ3) is 2.65. The minimum absolute atomic E-state index is 0.00778. The van der Waals surface area contributed by atoms with E-state index in [-0.39, 0.29) is 22.4 Å². The zero-order valence-electron chi connectivity index (χ0n) is 17.5. The lowest BCUT2D eigenvalue weighted by atomic mass is 9.69. The Hall–Kier alpha value is -2.64. The van der Waals surface area contributed by atoms with E-state index in [1.54, 1.807) is 12.1 Å². The van der Waals surface area contributed by atoms with Crippen molar-refractivity contribution in [3.63, 3.8) is 0 Å². The lowest BCUT2D eigenvalue weighted by molar-refractivity contribution is -0.116. The standard InChI is InChI=1S/C25H22ClNO3/c1-24(2)7-15-16(11-27)23-21-13(20(15)17(28)8-24)5-12(26)6-14(21)22-18(29)9-25(3,4)10-19(22)30-23/h5-6H,7-10H2,1-4H3. The summed E-state index contributed by atoms with van der Waals surface area (Å²) < 4.78 is 6.33. The molecule has 152 valence electrons. The average Bonchev–Trinajstić information content (AvgIpc) is 2.58. The third-order valence-corrected chi connectivity index (χ3v) is 6.66. The maximum Gasteiger partial charge on any atom is 0.167 e. The highest BCUT2D eigenvalue weighted by Gasteiger charge is 2.42. The lowest BCUT2D eigenvalue weighted by Gasteiger charge is -2.37. The second kappa shape index (κ2) is 5.95. The van der Waals surface area contributed by atoms with Crippen molar-refractivity contribution in [1.29, 1.82) is 5.26 Å². The number of nitriles is 1. The Morgan fingerprint density at radius 2 is 1.67 bits per heavy atom. The molecule has 0 atom stereocenters. The number of ether oxygens (including phenoxy) is 1. The molecule has 0 spiro atoms. The molecule has 0 N–H and O–H groups in total. The predicted molar refractivity (Wildman–Crippen MR) is 116 cm³/mol. The Morgan fingerprint density at radius 3 is 2.37 bits per heavy atom. The SMILES string of the molecule is CC1(C)CC(=O)C2=C(C1)Oc1c(C#N)c3c(c4cc(Cl)cc2c14)C(=O)CC(C)(C)C3. The Bertz CT molecular complexity index is 1270. The number of benzene rings is 2. The normalized spacial score (nSPS) is 21.1. The van der Waals surface area contributed by atoms with Crippen molar-refractivity contribution in [3.8, 4) is 11.8 Å². The van der Waals surface area contributed by atoms with Crippen molar-refractivity contribution in [2.24, 2.45) is 10.8 Å². The van der Waals surface area contributed by atoms with E-state index in [1.165, 1.54) is 0 Å². The molecule has 0 fully saturated rings. The highest BCUT2D eigenvalue weighted by molar-refractivity contribution is 6.34. The summed E-state index contributed by atoms with van der Waals surface area (Å²) in [6.45, 7) is 8.16. The molecule has 1 heterocycles. The summed E-state index contributed by atoms with van der Waals surface area (Å²) in [5.41, 5.74) is 2.48. The van der Waals surface area contributed by atoms with Crippen LogP contribution in [0.25, 0.3) is 16.3 Å². The lowest BCUT2D eigenvalue weighted by Crippen LogP contribution is -2.31. The van der Waals surface area contributed by atoms with Gasteiger partial charge in [-0.15, -0.1) is 0 Å². The van der Waals surface area contributed by atoms with Gasteiger partial charge in [-0.3, -0.25) is 9.59 Å². The second-order valence-corrected chi connectivity index (χ2v) is 10.8. The van der Waals surface area contributed by atoms with Crippen LogP contribution in [0, 0.1) is 22.2 Å². The number of carbonyl (C=O) groups is 2. The number of rotatable bonds is 0. The first kappa shape index (κ1) is 19.3. The summed E-state index contributed by atoms with van der Waals surface area (Å²) >= 11 is 6.48. The molecule has 0 aromatic heterocycles. The first-order valence-corrected chi connectivity index (χ1v) is 10.6. The Kier molecular flexibility index (Phi) is 3.84. The number of carbonyl (C=O) groups excluding carboxylic acids is 2. The smallest absolute Gasteiger partial charge is 0.167 e. The molecule has 2 aromatic rings. The molecule has 2 aliphatic carbocycles. The quantitative estimate of drug-likeness (QED) is 0.524. The van der Waals surface area contributed by atoms with E-state index >= 15 is 0 Å². The molecule has 2 aromatic carbocycles. The highest BCUT2D eigenvalue weighted by atomic mass is 35.5. The van der Waals surface area contributed by atoms with Gasteiger partial charge in [-0.1, -0.05) is 39.3 Å². The largest absolute Gasteiger partial charge is 0.459 e. The van der Waals surface area contributed by atoms with Crippen LogP contribution >= 0.6 is 11.6 Å². The molecule has 5 heteroatoms. The van der Waals surface area contributed by atoms with Gasteiger partial charge in [0.05, 0.1) is 11.1 Å². The molecule has 0 unspecified atom stereocenters. The van der Waals surface area contributed by atoms with E-state index in [4.69, 9.17) is 16.3 Å². The van der Waals surface area contributed by atoms with Crippen molar-refractivity contribution >= 4 is 39.5 Å². The summed E-state index contributed by atoms with van der Waals surface area (Å²) in [7, 11) is 0. The molecule has 0 saturated carbocycles. The molecule has 0 bridgehead atoms. The zero-order chi connectivity index (χ0) is 21.6. The van der Waals surface area contributed by atoms with Crippen LogP contribution in [0.1, 0.15) is 74.0 Å². The van der Waals surface area contributed by atoms with Gasteiger partial charge in [0.1, 0.15) is 11.8 Å². The zero-order valence-corrected chi connectivity index (χ0v) is 18.3. The van der Waals surface area contributed by atoms with E-state index in [1.807, 2.05) is 27.7 Å². The molecule has 1 aliphatic heterocycles. The van der Waals surface area contributed by atoms with Crippen LogP contribution in [-0.2, 0) is 11.2 Å². The molecular weight excluding hydrogens is 398 g/mol. The van der Waals surface area contributed by atoms with Crippen molar-refractivity contribution < 1.29 is 14.3 Å². The van der Waals surface area contributed by atoms with Gasteiger partial charge in [-0.05, 0) is 40.3 Å². The summed E-state index contributed by atoms with van der Waals surface area (Å²) in [5, 5.41) is 11.9. The Morgan fingerprint density at radius 1 is 1.00 bits per heavy atom. The Balaban J connectivity index is 1.93. The van der Waals surface area contributed by atoms with Crippen LogP contribution in [0.2, 0.25) is 5.02 Å². The maximum absolute atomic E-state index is 13.2. The summed E-state index contributed by atoms with van der Waals surface area (Å²) in [6, 6.07) is 5.85. The maximum atomic E-state index is 13.2. The number of allylic oxidation sites excluding steroid dienone is 2. The van der Waals surface area contributed by atoms with Crippen LogP contribution in [0.5, 0.6) is 5.75 Å². The molecule has 30 heavy (non-hydrogen) atoms. The van der Waals surface area contributed by atoms with E-state index in [2.05, 4.69) is 6.07 Å². The molecule has 5 rings (SSSR count). The molecular formula is C25H22ClNO3. The van der Waals surface area contributed by atoms with Crippen molar-refractivity contribution in [2.75, 3.05) is 0 Å². The number of Topliss-reactive ketones (excluding diaryl/α,β-unsaturated/α-hetero) is 2. The highest BCUT2D eigenvalue weighted by Crippen LogP contribution is 2.52. The average molecular weight is 420 g/mol. The molecule has 0 saturated heterocycles. The molecule has 0 amide bonds. The van der Waals surface area contributed by atoms with Crippen LogP contribution in [0.15, 0.2) is 17.9 Å². The topological polar surface area (TPSA) is 67.2 Å². The van der Waals surface area contributed by atoms with Crippen molar-refractivity contribution in [1.82, 2.24) is 0 Å². The number of halogens is 1. The summed E-state index contributed by atoms with van der Waals surface area (Å²) in [6.07, 6.45) is 2.04. The van der Waals surface area contributed by atoms with E-state index in [9.17, 15) is 14.9 Å². The number of nitrogens with zero attached hydrogens (tertiary/aromatic N) is 1. The van der Waals surface area contributed by atoms with Crippen LogP contribution in [0.3, 0.4) is 0 Å². The summed E-state index contributed by atoms with van der Waals surface area (Å²) in [5.74, 6) is 1.09. The van der Waals surface area contributed by atoms with Gasteiger partial charge in [0.25, 0.3) is 0 Å².